The van der Waals surface area contributed by atoms with Gasteiger partial charge in [0.15, 0.2) is 11.5 Å². The molecular formula is C17H14BrIO4. The van der Waals surface area contributed by atoms with Gasteiger partial charge in [-0.25, -0.2) is 4.79 Å². The summed E-state index contributed by atoms with van der Waals surface area (Å²) in [7, 11) is 1.56. The third-order valence-electron chi connectivity index (χ3n) is 2.97. The van der Waals surface area contributed by atoms with Gasteiger partial charge in [-0.05, 0) is 64.1 Å². The average Bonchev–Trinajstić information content (AvgIpc) is 2.53. The second-order valence-corrected chi connectivity index (χ2v) is 6.70. The lowest BCUT2D eigenvalue weighted by Gasteiger charge is -2.13. The number of aliphatic carboxylic acids is 1. The molecule has 0 bridgehead atoms. The van der Waals surface area contributed by atoms with E-state index < -0.39 is 5.97 Å². The Morgan fingerprint density at radius 2 is 2.00 bits per heavy atom. The zero-order valence-corrected chi connectivity index (χ0v) is 16.0. The van der Waals surface area contributed by atoms with Gasteiger partial charge in [-0.15, -0.1) is 0 Å². The van der Waals surface area contributed by atoms with Gasteiger partial charge < -0.3 is 14.6 Å². The number of rotatable bonds is 6. The van der Waals surface area contributed by atoms with Gasteiger partial charge in [0.05, 0.1) is 10.7 Å². The van der Waals surface area contributed by atoms with E-state index in [1.807, 2.05) is 30.3 Å². The molecule has 4 nitrogen and oxygen atoms in total. The molecule has 0 heterocycles. The molecular weight excluding hydrogens is 475 g/mol. The van der Waals surface area contributed by atoms with Crippen LogP contribution in [0.25, 0.3) is 6.08 Å². The highest BCUT2D eigenvalue weighted by molar-refractivity contribution is 14.1. The molecule has 0 atom stereocenters. The van der Waals surface area contributed by atoms with Gasteiger partial charge in [-0.1, -0.05) is 28.1 Å². The number of methoxy groups -OCH3 is 1. The van der Waals surface area contributed by atoms with E-state index >= 15 is 0 Å². The first kappa shape index (κ1) is 17.8. The number of hydrogen-bond donors (Lipinski definition) is 1. The monoisotopic (exact) mass is 488 g/mol. The molecule has 0 saturated carbocycles. The van der Waals surface area contributed by atoms with Crippen LogP contribution in [0.2, 0.25) is 0 Å². The molecule has 0 aromatic heterocycles. The molecule has 0 saturated heterocycles. The maximum atomic E-state index is 10.6. The molecule has 2 aromatic carbocycles. The van der Waals surface area contributed by atoms with E-state index in [2.05, 4.69) is 38.5 Å². The Morgan fingerprint density at radius 3 is 2.61 bits per heavy atom. The van der Waals surface area contributed by atoms with Crippen LogP contribution in [0.5, 0.6) is 11.5 Å². The van der Waals surface area contributed by atoms with Crippen molar-refractivity contribution >= 4 is 50.6 Å². The number of hydrogen-bond acceptors (Lipinski definition) is 3. The highest BCUT2D eigenvalue weighted by Crippen LogP contribution is 2.35. The molecule has 6 heteroatoms. The fraction of sp³-hybridized carbons (Fsp3) is 0.118. The second-order valence-electron chi connectivity index (χ2n) is 4.62. The minimum absolute atomic E-state index is 0.421. The van der Waals surface area contributed by atoms with Gasteiger partial charge in [0.2, 0.25) is 0 Å². The van der Waals surface area contributed by atoms with Crippen LogP contribution in [0.1, 0.15) is 11.1 Å². The van der Waals surface area contributed by atoms with Gasteiger partial charge in [0, 0.05) is 10.5 Å². The Labute approximate surface area is 156 Å². The normalized spacial score (nSPS) is 10.7. The Morgan fingerprint density at radius 1 is 1.30 bits per heavy atom. The highest BCUT2D eigenvalue weighted by Gasteiger charge is 2.11. The molecule has 120 valence electrons. The molecule has 0 fully saturated rings. The first-order valence-corrected chi connectivity index (χ1v) is 8.52. The van der Waals surface area contributed by atoms with E-state index in [9.17, 15) is 4.79 Å². The maximum Gasteiger partial charge on any atom is 0.328 e. The van der Waals surface area contributed by atoms with Crippen LogP contribution >= 0.6 is 38.5 Å². The van der Waals surface area contributed by atoms with Gasteiger partial charge in [0.25, 0.3) is 0 Å². The first-order chi connectivity index (χ1) is 11.0. The lowest BCUT2D eigenvalue weighted by atomic mass is 10.2. The Balaban J connectivity index is 2.20. The van der Waals surface area contributed by atoms with Gasteiger partial charge in [-0.3, -0.25) is 0 Å². The summed E-state index contributed by atoms with van der Waals surface area (Å²) in [5.74, 6) is 0.220. The molecule has 1 N–H and O–H groups in total. The number of carbonyl (C=O) groups is 1. The largest absolute Gasteiger partial charge is 0.493 e. The van der Waals surface area contributed by atoms with Crippen molar-refractivity contribution in [3.8, 4) is 11.5 Å². The number of carboxylic acid groups (broad SMARTS) is 1. The van der Waals surface area contributed by atoms with Crippen LogP contribution in [-0.2, 0) is 11.4 Å². The molecule has 0 radical (unpaired) electrons. The van der Waals surface area contributed by atoms with Crippen LogP contribution in [0.15, 0.2) is 46.9 Å². The molecule has 2 rings (SSSR count). The molecule has 2 aromatic rings. The predicted octanol–water partition coefficient (Wildman–Crippen LogP) is 4.74. The van der Waals surface area contributed by atoms with E-state index in [1.165, 1.54) is 6.08 Å². The van der Waals surface area contributed by atoms with Gasteiger partial charge in [0.1, 0.15) is 6.61 Å². The van der Waals surface area contributed by atoms with E-state index in [-0.39, 0.29) is 0 Å². The highest BCUT2D eigenvalue weighted by atomic mass is 127. The van der Waals surface area contributed by atoms with Crippen molar-refractivity contribution in [2.45, 2.75) is 6.61 Å². The van der Waals surface area contributed by atoms with Crippen LogP contribution in [0.4, 0.5) is 0 Å². The fourth-order valence-corrected chi connectivity index (χ4v) is 2.93. The summed E-state index contributed by atoms with van der Waals surface area (Å²) in [6.07, 6.45) is 2.61. The minimum Gasteiger partial charge on any atom is -0.493 e. The quantitative estimate of drug-likeness (QED) is 0.471. The molecule has 23 heavy (non-hydrogen) atoms. The van der Waals surface area contributed by atoms with Crippen LogP contribution in [0.3, 0.4) is 0 Å². The summed E-state index contributed by atoms with van der Waals surface area (Å²) < 4.78 is 13.1. The van der Waals surface area contributed by atoms with Gasteiger partial charge in [-0.2, -0.15) is 0 Å². The van der Waals surface area contributed by atoms with E-state index in [4.69, 9.17) is 14.6 Å². The average molecular weight is 489 g/mol. The topological polar surface area (TPSA) is 55.8 Å². The third kappa shape index (κ3) is 5.24. The van der Waals surface area contributed by atoms with E-state index in [0.29, 0.717) is 18.1 Å². The molecule has 0 aliphatic heterocycles. The third-order valence-corrected chi connectivity index (χ3v) is 4.30. The molecule has 0 spiro atoms. The predicted molar refractivity (Wildman–Crippen MR) is 101 cm³/mol. The summed E-state index contributed by atoms with van der Waals surface area (Å²) in [6.45, 7) is 0.421. The van der Waals surface area contributed by atoms with Crippen molar-refractivity contribution in [3.63, 3.8) is 0 Å². The van der Waals surface area contributed by atoms with E-state index in [0.717, 1.165) is 25.2 Å². The number of benzene rings is 2. The standard InChI is InChI=1S/C17H14BrIO4/c1-22-15-9-12(4-7-16(20)21)8-14(19)17(15)23-10-11-2-5-13(18)6-3-11/h2-9H,10H2,1H3,(H,20,21)/b7-4+. The Kier molecular flexibility index (Phi) is 6.47. The lowest BCUT2D eigenvalue weighted by Crippen LogP contribution is -2.00. The second kappa shape index (κ2) is 8.35. The van der Waals surface area contributed by atoms with Gasteiger partial charge >= 0.3 is 5.97 Å². The maximum absolute atomic E-state index is 10.6. The Bertz CT molecular complexity index is 726. The SMILES string of the molecule is COc1cc(/C=C/C(=O)O)cc(I)c1OCc1ccc(Br)cc1. The summed E-state index contributed by atoms with van der Waals surface area (Å²) in [5, 5.41) is 8.71. The summed E-state index contributed by atoms with van der Waals surface area (Å²) >= 11 is 5.54. The summed E-state index contributed by atoms with van der Waals surface area (Å²) in [6, 6.07) is 11.5. The van der Waals surface area contributed by atoms with Crippen molar-refractivity contribution in [2.24, 2.45) is 0 Å². The molecule has 0 aliphatic rings. The summed E-state index contributed by atoms with van der Waals surface area (Å²) in [4.78, 5) is 10.6. The zero-order chi connectivity index (χ0) is 16.8. The molecule has 0 aliphatic carbocycles. The minimum atomic E-state index is -0.991. The van der Waals surface area contributed by atoms with Crippen molar-refractivity contribution < 1.29 is 19.4 Å². The van der Waals surface area contributed by atoms with Crippen molar-refractivity contribution in [3.05, 3.63) is 61.6 Å². The van der Waals surface area contributed by atoms with Crippen molar-refractivity contribution in [1.82, 2.24) is 0 Å². The lowest BCUT2D eigenvalue weighted by molar-refractivity contribution is -0.131. The summed E-state index contributed by atoms with van der Waals surface area (Å²) in [5.41, 5.74) is 1.78. The number of carboxylic acids is 1. The molecule has 0 unspecified atom stereocenters. The number of halogens is 2. The fourth-order valence-electron chi connectivity index (χ4n) is 1.88. The van der Waals surface area contributed by atoms with Crippen molar-refractivity contribution in [1.29, 1.82) is 0 Å². The van der Waals surface area contributed by atoms with Crippen LogP contribution < -0.4 is 9.47 Å². The number of ether oxygens (including phenoxy) is 2. The Hall–Kier alpha value is -1.54. The zero-order valence-electron chi connectivity index (χ0n) is 12.3. The first-order valence-electron chi connectivity index (χ1n) is 6.65. The van der Waals surface area contributed by atoms with E-state index in [1.54, 1.807) is 13.2 Å². The van der Waals surface area contributed by atoms with Crippen LogP contribution in [-0.4, -0.2) is 18.2 Å². The smallest absolute Gasteiger partial charge is 0.328 e. The van der Waals surface area contributed by atoms with Crippen LogP contribution in [0, 0.1) is 3.57 Å². The molecule has 0 amide bonds. The van der Waals surface area contributed by atoms with Crippen molar-refractivity contribution in [2.75, 3.05) is 7.11 Å².